The minimum Gasteiger partial charge on any atom is -0.361 e. The van der Waals surface area contributed by atoms with E-state index in [0.717, 1.165) is 21.5 Å². The van der Waals surface area contributed by atoms with Gasteiger partial charge in [0.05, 0.1) is 0 Å². The zero-order chi connectivity index (χ0) is 19.3. The summed E-state index contributed by atoms with van der Waals surface area (Å²) in [5, 5.41) is 4.96. The molecule has 1 saturated carbocycles. The summed E-state index contributed by atoms with van der Waals surface area (Å²) in [7, 11) is 0. The first-order valence-electron chi connectivity index (χ1n) is 10.1. The van der Waals surface area contributed by atoms with Gasteiger partial charge in [-0.3, -0.25) is 9.78 Å². The zero-order valence-corrected chi connectivity index (χ0v) is 16.7. The molecule has 1 aliphatic carbocycles. The van der Waals surface area contributed by atoms with Crippen molar-refractivity contribution >= 4 is 28.4 Å². The molecule has 1 unspecified atom stereocenters. The van der Waals surface area contributed by atoms with Crippen LogP contribution < -0.4 is 5.32 Å². The highest BCUT2D eigenvalue weighted by Crippen LogP contribution is 2.41. The van der Waals surface area contributed by atoms with Gasteiger partial charge < -0.3 is 10.3 Å². The number of nitrogens with zero attached hydrogens (tertiary/aromatic N) is 1. The second-order valence-electron chi connectivity index (χ2n) is 7.77. The third-order valence-corrected chi connectivity index (χ3v) is 6.17. The van der Waals surface area contributed by atoms with E-state index in [2.05, 4.69) is 21.5 Å². The van der Waals surface area contributed by atoms with E-state index < -0.39 is 0 Å². The molecule has 3 aromatic rings. The van der Waals surface area contributed by atoms with Crippen molar-refractivity contribution in [3.8, 4) is 0 Å². The van der Waals surface area contributed by atoms with Gasteiger partial charge >= 0.3 is 0 Å². The normalized spacial score (nSPS) is 16.2. The molecule has 0 bridgehead atoms. The molecule has 2 heterocycles. The van der Waals surface area contributed by atoms with Gasteiger partial charge in [-0.2, -0.15) is 0 Å². The molecule has 2 aromatic heterocycles. The molecule has 0 radical (unpaired) electrons. The van der Waals surface area contributed by atoms with Crippen LogP contribution in [0.25, 0.3) is 10.9 Å². The summed E-state index contributed by atoms with van der Waals surface area (Å²) in [4.78, 5) is 20.2. The lowest BCUT2D eigenvalue weighted by molar-refractivity contribution is -0.122. The number of carbonyl (C=O) groups excluding carboxylic acids is 1. The molecule has 1 aromatic carbocycles. The third-order valence-electron chi connectivity index (χ3n) is 5.94. The van der Waals surface area contributed by atoms with Crippen molar-refractivity contribution in [3.05, 3.63) is 65.1 Å². The van der Waals surface area contributed by atoms with Crippen LogP contribution in [0, 0.1) is 5.92 Å². The number of carbonyl (C=O) groups is 1. The number of hydrogen-bond acceptors (Lipinski definition) is 2. The average Bonchev–Trinajstić information content (AvgIpc) is 3.14. The Morgan fingerprint density at radius 3 is 2.75 bits per heavy atom. The summed E-state index contributed by atoms with van der Waals surface area (Å²) < 4.78 is 0. The number of benzene rings is 1. The fraction of sp³-hybridized carbons (Fsp3) is 0.391. The molecular weight excluding hydrogens is 370 g/mol. The van der Waals surface area contributed by atoms with E-state index >= 15 is 0 Å². The molecule has 0 saturated heterocycles. The van der Waals surface area contributed by atoms with Crippen LogP contribution in [-0.4, -0.2) is 15.9 Å². The Balaban J connectivity index is 1.54. The van der Waals surface area contributed by atoms with Crippen LogP contribution in [-0.2, 0) is 11.3 Å². The Morgan fingerprint density at radius 2 is 1.96 bits per heavy atom. The number of pyridine rings is 1. The lowest BCUT2D eigenvalue weighted by Gasteiger charge is -2.30. The zero-order valence-electron chi connectivity index (χ0n) is 16.0. The number of H-pyrrole nitrogens is 1. The van der Waals surface area contributed by atoms with Crippen molar-refractivity contribution in [1.82, 2.24) is 15.3 Å². The first-order valence-corrected chi connectivity index (χ1v) is 10.5. The van der Waals surface area contributed by atoms with Gasteiger partial charge in [0.1, 0.15) is 0 Å². The summed E-state index contributed by atoms with van der Waals surface area (Å²) in [5.41, 5.74) is 3.37. The molecule has 0 aliphatic heterocycles. The highest BCUT2D eigenvalue weighted by Gasteiger charge is 2.29. The molecule has 146 valence electrons. The maximum Gasteiger partial charge on any atom is 0.220 e. The van der Waals surface area contributed by atoms with Crippen molar-refractivity contribution in [3.63, 3.8) is 0 Å². The number of aromatic amines is 1. The predicted molar refractivity (Wildman–Crippen MR) is 113 cm³/mol. The van der Waals surface area contributed by atoms with Crippen LogP contribution in [0.1, 0.15) is 55.6 Å². The Hall–Kier alpha value is -2.33. The van der Waals surface area contributed by atoms with Gasteiger partial charge in [-0.1, -0.05) is 30.9 Å². The maximum absolute atomic E-state index is 12.8. The second-order valence-corrected chi connectivity index (χ2v) is 8.21. The lowest BCUT2D eigenvalue weighted by atomic mass is 9.75. The summed E-state index contributed by atoms with van der Waals surface area (Å²) in [6.45, 7) is 0.540. The number of rotatable bonds is 6. The standard InChI is InChI=1S/C23H26ClN3O/c24-18-6-7-22-20(12-18)21(15-26-22)19(17-4-2-1-3-5-17)13-23(28)27-14-16-8-10-25-11-9-16/h6-12,15,17,19,26H,1-5,13-14H2,(H,27,28). The predicted octanol–water partition coefficient (Wildman–Crippen LogP) is 5.59. The van der Waals surface area contributed by atoms with E-state index in [4.69, 9.17) is 11.6 Å². The number of hydrogen-bond donors (Lipinski definition) is 2. The largest absolute Gasteiger partial charge is 0.361 e. The first-order chi connectivity index (χ1) is 13.7. The maximum atomic E-state index is 12.8. The van der Waals surface area contributed by atoms with Crippen LogP contribution >= 0.6 is 11.6 Å². The fourth-order valence-electron chi connectivity index (χ4n) is 4.46. The summed E-state index contributed by atoms with van der Waals surface area (Å²) in [6.07, 6.45) is 12.3. The van der Waals surface area contributed by atoms with Crippen LogP contribution in [0.4, 0.5) is 0 Å². The van der Waals surface area contributed by atoms with Gasteiger partial charge in [-0.15, -0.1) is 0 Å². The van der Waals surface area contributed by atoms with Crippen molar-refractivity contribution in [2.24, 2.45) is 5.92 Å². The number of amides is 1. The van der Waals surface area contributed by atoms with Crippen molar-refractivity contribution in [2.75, 3.05) is 0 Å². The number of aromatic nitrogens is 2. The van der Waals surface area contributed by atoms with E-state index in [1.807, 2.05) is 30.3 Å². The van der Waals surface area contributed by atoms with Crippen LogP contribution in [0.5, 0.6) is 0 Å². The Labute approximate surface area is 170 Å². The Morgan fingerprint density at radius 1 is 1.18 bits per heavy atom. The highest BCUT2D eigenvalue weighted by atomic mass is 35.5. The molecule has 1 aliphatic rings. The van der Waals surface area contributed by atoms with Crippen LogP contribution in [0.15, 0.2) is 48.9 Å². The van der Waals surface area contributed by atoms with E-state index in [0.29, 0.717) is 18.9 Å². The number of fused-ring (bicyclic) bond motifs is 1. The number of nitrogens with one attached hydrogen (secondary N) is 2. The smallest absolute Gasteiger partial charge is 0.220 e. The molecule has 1 atom stereocenters. The molecule has 0 spiro atoms. The Kier molecular flexibility index (Phi) is 5.96. The first kappa shape index (κ1) is 19.0. The molecule has 4 rings (SSSR count). The summed E-state index contributed by atoms with van der Waals surface area (Å²) >= 11 is 6.26. The average molecular weight is 396 g/mol. The molecule has 4 nitrogen and oxygen atoms in total. The molecule has 5 heteroatoms. The molecule has 2 N–H and O–H groups in total. The molecular formula is C23H26ClN3O. The minimum atomic E-state index is 0.101. The number of halogens is 1. The topological polar surface area (TPSA) is 57.8 Å². The third kappa shape index (κ3) is 4.39. The van der Waals surface area contributed by atoms with Gasteiger partial charge in [0.15, 0.2) is 0 Å². The van der Waals surface area contributed by atoms with Gasteiger partial charge in [0, 0.05) is 47.5 Å². The summed E-state index contributed by atoms with van der Waals surface area (Å²) in [6, 6.07) is 9.80. The highest BCUT2D eigenvalue weighted by molar-refractivity contribution is 6.31. The molecule has 1 amide bonds. The summed E-state index contributed by atoms with van der Waals surface area (Å²) in [5.74, 6) is 0.854. The minimum absolute atomic E-state index is 0.101. The fourth-order valence-corrected chi connectivity index (χ4v) is 4.63. The lowest BCUT2D eigenvalue weighted by Crippen LogP contribution is -2.27. The van der Waals surface area contributed by atoms with Gasteiger partial charge in [-0.25, -0.2) is 0 Å². The van der Waals surface area contributed by atoms with Crippen molar-refractivity contribution in [2.45, 2.75) is 51.0 Å². The van der Waals surface area contributed by atoms with E-state index in [-0.39, 0.29) is 11.8 Å². The molecule has 1 fully saturated rings. The van der Waals surface area contributed by atoms with Crippen molar-refractivity contribution in [1.29, 1.82) is 0 Å². The monoisotopic (exact) mass is 395 g/mol. The van der Waals surface area contributed by atoms with Gasteiger partial charge in [0.25, 0.3) is 0 Å². The SMILES string of the molecule is O=C(CC(c1c[nH]c2ccc(Cl)cc12)C1CCCCC1)NCc1ccncc1. The van der Waals surface area contributed by atoms with Crippen molar-refractivity contribution < 1.29 is 4.79 Å². The van der Waals surface area contributed by atoms with E-state index in [9.17, 15) is 4.79 Å². The van der Waals surface area contributed by atoms with Gasteiger partial charge in [-0.05, 0) is 66.1 Å². The van der Waals surface area contributed by atoms with Crippen LogP contribution in [0.3, 0.4) is 0 Å². The Bertz CT molecular complexity index is 931. The second kappa shape index (κ2) is 8.78. The van der Waals surface area contributed by atoms with E-state index in [1.54, 1.807) is 12.4 Å². The quantitative estimate of drug-likeness (QED) is 0.571. The molecule has 28 heavy (non-hydrogen) atoms. The van der Waals surface area contributed by atoms with E-state index in [1.165, 1.54) is 37.7 Å². The van der Waals surface area contributed by atoms with Crippen LogP contribution in [0.2, 0.25) is 5.02 Å². The van der Waals surface area contributed by atoms with Gasteiger partial charge in [0.2, 0.25) is 5.91 Å².